The fourth-order valence-electron chi connectivity index (χ4n) is 4.79. The summed E-state index contributed by atoms with van der Waals surface area (Å²) < 4.78 is 15.2. The van der Waals surface area contributed by atoms with Gasteiger partial charge in [0.15, 0.2) is 11.6 Å². The van der Waals surface area contributed by atoms with Crippen molar-refractivity contribution >= 4 is 45.2 Å². The third-order valence-electron chi connectivity index (χ3n) is 7.01. The van der Waals surface area contributed by atoms with Crippen molar-refractivity contribution < 1.29 is 9.18 Å². The van der Waals surface area contributed by atoms with Crippen LogP contribution in [0.5, 0.6) is 0 Å². The highest BCUT2D eigenvalue weighted by molar-refractivity contribution is 7.11. The Morgan fingerprint density at radius 3 is 2.92 bits per heavy atom. The molecule has 0 saturated heterocycles. The van der Waals surface area contributed by atoms with Gasteiger partial charge >= 0.3 is 0 Å². The van der Waals surface area contributed by atoms with E-state index in [0.29, 0.717) is 45.1 Å². The number of nitrogens with one attached hydrogen (secondary N) is 4. The van der Waals surface area contributed by atoms with Gasteiger partial charge in [-0.15, -0.1) is 11.3 Å². The summed E-state index contributed by atoms with van der Waals surface area (Å²) >= 11 is 1.65. The lowest BCUT2D eigenvalue weighted by Gasteiger charge is -2.24. The van der Waals surface area contributed by atoms with Crippen LogP contribution >= 0.6 is 11.3 Å². The highest BCUT2D eigenvalue weighted by Gasteiger charge is 2.25. The Hall–Kier alpha value is -4.57. The Morgan fingerprint density at radius 1 is 1.18 bits per heavy atom. The Morgan fingerprint density at radius 2 is 2.11 bits per heavy atom. The van der Waals surface area contributed by atoms with Crippen molar-refractivity contribution in [1.82, 2.24) is 25.1 Å². The van der Waals surface area contributed by atoms with Crippen LogP contribution in [0.25, 0.3) is 39.1 Å². The number of aromatic nitrogens is 5. The molecule has 1 fully saturated rings. The number of carbonyl (C=O) groups is 1. The van der Waals surface area contributed by atoms with Gasteiger partial charge in [-0.25, -0.2) is 9.37 Å². The summed E-state index contributed by atoms with van der Waals surface area (Å²) in [6, 6.07) is 8.99. The summed E-state index contributed by atoms with van der Waals surface area (Å²) in [7, 11) is 0. The van der Waals surface area contributed by atoms with Crippen LogP contribution in [-0.2, 0) is 4.79 Å². The maximum atomic E-state index is 15.2. The first kappa shape index (κ1) is 22.6. The van der Waals surface area contributed by atoms with Crippen LogP contribution in [0.3, 0.4) is 0 Å². The lowest BCUT2D eigenvalue weighted by Crippen LogP contribution is -2.28. The molecule has 5 aromatic rings. The molecular weight excluding hydrogens is 501 g/mol. The molecule has 7 rings (SSSR count). The van der Waals surface area contributed by atoms with Crippen molar-refractivity contribution in [3.63, 3.8) is 0 Å². The molecule has 0 bridgehead atoms. The van der Waals surface area contributed by atoms with E-state index >= 15 is 4.39 Å². The zero-order chi connectivity index (χ0) is 25.6. The molecule has 10 heteroatoms. The number of H-pyrrole nitrogens is 2. The molecule has 2 aliphatic rings. The number of benzene rings is 1. The molecule has 4 aromatic heterocycles. The quantitative estimate of drug-likeness (QED) is 0.215. The number of nitrogens with zero attached hydrogens (tertiary/aromatic N) is 3. The zero-order valence-electron chi connectivity index (χ0n) is 20.1. The van der Waals surface area contributed by atoms with Crippen LogP contribution in [0.4, 0.5) is 15.9 Å². The Kier molecular flexibility index (Phi) is 5.40. The second kappa shape index (κ2) is 9.07. The lowest BCUT2D eigenvalue weighted by atomic mass is 9.85. The molecule has 0 spiro atoms. The first-order chi connectivity index (χ1) is 18.6. The van der Waals surface area contributed by atoms with Gasteiger partial charge in [-0.05, 0) is 48.6 Å². The number of anilines is 2. The molecule has 4 N–H and O–H groups in total. The van der Waals surface area contributed by atoms with E-state index in [2.05, 4.69) is 36.9 Å². The minimum absolute atomic E-state index is 0.0137. The summed E-state index contributed by atoms with van der Waals surface area (Å²) in [4.78, 5) is 26.0. The third kappa shape index (κ3) is 3.90. The molecule has 38 heavy (non-hydrogen) atoms. The first-order valence-electron chi connectivity index (χ1n) is 12.4. The monoisotopic (exact) mass is 523 g/mol. The number of hydrogen-bond acceptors (Lipinski definition) is 6. The summed E-state index contributed by atoms with van der Waals surface area (Å²) in [5.41, 5.74) is 4.48. The average molecular weight is 524 g/mol. The van der Waals surface area contributed by atoms with Crippen molar-refractivity contribution in [2.24, 2.45) is 5.92 Å². The van der Waals surface area contributed by atoms with E-state index in [1.807, 2.05) is 29.8 Å². The molecule has 1 saturated carbocycles. The number of thiophene rings is 1. The van der Waals surface area contributed by atoms with Gasteiger partial charge in [0.25, 0.3) is 0 Å². The van der Waals surface area contributed by atoms with Gasteiger partial charge in [0, 0.05) is 51.3 Å². The van der Waals surface area contributed by atoms with Crippen molar-refractivity contribution in [1.29, 1.82) is 0 Å². The van der Waals surface area contributed by atoms with E-state index in [9.17, 15) is 4.79 Å². The van der Waals surface area contributed by atoms with Gasteiger partial charge in [-0.2, -0.15) is 5.10 Å². The van der Waals surface area contributed by atoms with Gasteiger partial charge in [0.1, 0.15) is 11.5 Å². The predicted molar refractivity (Wildman–Crippen MR) is 147 cm³/mol. The Balaban J connectivity index is 1.27. The number of aromatic amines is 2. The van der Waals surface area contributed by atoms with Crippen LogP contribution in [-0.4, -0.2) is 31.1 Å². The summed E-state index contributed by atoms with van der Waals surface area (Å²) in [6.07, 6.45) is 11.9. The maximum absolute atomic E-state index is 15.2. The van der Waals surface area contributed by atoms with E-state index in [1.165, 1.54) is 6.07 Å². The van der Waals surface area contributed by atoms with E-state index in [-0.39, 0.29) is 11.8 Å². The lowest BCUT2D eigenvalue weighted by molar-refractivity contribution is -0.122. The standard InChI is InChI=1S/C28H22FN7OS/c29-21-12-22-20(11-19(21)16-10-17(14-30-13-16)32-28(37)15-4-1-5-15)25(36-35-22)27-33-24-18(23-7-3-9-38-23)6-2-8-31-26(24)34-27/h2-3,6-15,31H,1,4-5H2,(H,32,37)(H,33,34)(H,35,36). The number of hydrogen-bond donors (Lipinski definition) is 4. The normalized spacial score (nSPS) is 14.9. The molecule has 1 aliphatic carbocycles. The number of imidazole rings is 1. The maximum Gasteiger partial charge on any atom is 0.227 e. The molecule has 1 aromatic carbocycles. The Bertz CT molecular complexity index is 1740. The van der Waals surface area contributed by atoms with Gasteiger partial charge in [0.2, 0.25) is 5.91 Å². The fraction of sp³-hybridized carbons (Fsp3) is 0.143. The minimum atomic E-state index is -0.415. The molecule has 5 heterocycles. The van der Waals surface area contributed by atoms with E-state index in [1.54, 1.807) is 35.9 Å². The first-order valence-corrected chi connectivity index (χ1v) is 13.2. The number of rotatable bonds is 5. The smallest absolute Gasteiger partial charge is 0.227 e. The molecule has 0 unspecified atom stereocenters. The van der Waals surface area contributed by atoms with Crippen LogP contribution in [0.2, 0.25) is 0 Å². The number of pyridine rings is 1. The van der Waals surface area contributed by atoms with Crippen LogP contribution in [0, 0.1) is 11.7 Å². The van der Waals surface area contributed by atoms with E-state index < -0.39 is 5.82 Å². The average Bonchev–Trinajstić information content (AvgIpc) is 3.61. The molecule has 8 nitrogen and oxygen atoms in total. The topological polar surface area (TPSA) is 111 Å². The largest absolute Gasteiger partial charge is 0.345 e. The molecule has 0 atom stereocenters. The van der Waals surface area contributed by atoms with E-state index in [4.69, 9.17) is 4.98 Å². The fourth-order valence-corrected chi connectivity index (χ4v) is 5.54. The van der Waals surface area contributed by atoms with Crippen LogP contribution < -0.4 is 10.6 Å². The Labute approximate surface area is 220 Å². The van der Waals surface area contributed by atoms with Crippen molar-refractivity contribution in [3.05, 3.63) is 82.8 Å². The van der Waals surface area contributed by atoms with Gasteiger partial charge < -0.3 is 15.6 Å². The predicted octanol–water partition coefficient (Wildman–Crippen LogP) is 6.33. The number of halogens is 1. The number of allylic oxidation sites excluding steroid dienone is 2. The number of amides is 1. The molecule has 188 valence electrons. The second-order valence-corrected chi connectivity index (χ2v) is 10.3. The zero-order valence-corrected chi connectivity index (χ0v) is 20.9. The van der Waals surface area contributed by atoms with Crippen molar-refractivity contribution in [2.75, 3.05) is 10.6 Å². The summed E-state index contributed by atoms with van der Waals surface area (Å²) in [5, 5.41) is 16.3. The van der Waals surface area contributed by atoms with Crippen molar-refractivity contribution in [2.45, 2.75) is 19.3 Å². The second-order valence-electron chi connectivity index (χ2n) is 9.40. The van der Waals surface area contributed by atoms with Gasteiger partial charge in [-0.1, -0.05) is 12.5 Å². The van der Waals surface area contributed by atoms with Crippen LogP contribution in [0.15, 0.2) is 66.5 Å². The molecule has 1 amide bonds. The van der Waals surface area contributed by atoms with Gasteiger partial charge in [0.05, 0.1) is 23.1 Å². The highest BCUT2D eigenvalue weighted by atomic mass is 32.1. The molecular formula is C28H22FN7OS. The third-order valence-corrected chi connectivity index (χ3v) is 7.91. The highest BCUT2D eigenvalue weighted by Crippen LogP contribution is 2.37. The summed E-state index contributed by atoms with van der Waals surface area (Å²) in [6.45, 7) is 0. The van der Waals surface area contributed by atoms with Gasteiger partial charge in [-0.3, -0.25) is 14.9 Å². The van der Waals surface area contributed by atoms with E-state index in [0.717, 1.165) is 35.4 Å². The minimum Gasteiger partial charge on any atom is -0.345 e. The number of fused-ring (bicyclic) bond motifs is 2. The molecule has 1 aliphatic heterocycles. The van der Waals surface area contributed by atoms with Crippen molar-refractivity contribution in [3.8, 4) is 22.6 Å². The SMILES string of the molecule is O=C(Nc1cncc(-c2cc3c(-c4nc5c([nH]4)C(c4cccs4)=CC=CN5)n[nH]c3cc2F)c1)C1CCC1. The number of carbonyl (C=O) groups excluding carboxylic acids is 1. The summed E-state index contributed by atoms with van der Waals surface area (Å²) in [5.74, 6) is 0.862. The molecule has 0 radical (unpaired) electrons. The van der Waals surface area contributed by atoms with Crippen LogP contribution in [0.1, 0.15) is 29.8 Å².